The molecule has 1 N–H and O–H groups in total. The first-order valence-corrected chi connectivity index (χ1v) is 6.58. The van der Waals surface area contributed by atoms with Crippen LogP contribution in [-0.4, -0.2) is 18.3 Å². The highest BCUT2D eigenvalue weighted by atomic mass is 32.2. The summed E-state index contributed by atoms with van der Waals surface area (Å²) in [4.78, 5) is 0.895. The van der Waals surface area contributed by atoms with Crippen LogP contribution in [0.5, 0.6) is 0 Å². The Morgan fingerprint density at radius 1 is 1.24 bits per heavy atom. The van der Waals surface area contributed by atoms with Crippen molar-refractivity contribution in [2.24, 2.45) is 0 Å². The number of benzene rings is 1. The van der Waals surface area contributed by atoms with Gasteiger partial charge in [-0.2, -0.15) is 13.2 Å². The standard InChI is InChI=1S/C12H14F3NS/c13-12(14,15)9-3-5-11(6-4-9)17-8-10-2-1-7-16-10/h3-6,10,16H,1-2,7-8H2/t10-/m0/s1. The van der Waals surface area contributed by atoms with Crippen molar-refractivity contribution in [2.45, 2.75) is 30.0 Å². The molecule has 0 amide bonds. The Labute approximate surface area is 103 Å². The molecule has 1 atom stereocenters. The van der Waals surface area contributed by atoms with Gasteiger partial charge in [0.2, 0.25) is 0 Å². The fraction of sp³-hybridized carbons (Fsp3) is 0.500. The molecule has 0 aliphatic carbocycles. The molecule has 5 heteroatoms. The SMILES string of the molecule is FC(F)(F)c1ccc(SC[C@@H]2CCCN2)cc1. The minimum absolute atomic E-state index is 0.502. The number of hydrogen-bond donors (Lipinski definition) is 1. The van der Waals surface area contributed by atoms with Gasteiger partial charge in [0.05, 0.1) is 5.56 Å². The zero-order chi connectivity index (χ0) is 12.3. The lowest BCUT2D eigenvalue weighted by molar-refractivity contribution is -0.137. The minimum Gasteiger partial charge on any atom is -0.313 e. The van der Waals surface area contributed by atoms with Gasteiger partial charge in [0, 0.05) is 16.7 Å². The largest absolute Gasteiger partial charge is 0.416 e. The van der Waals surface area contributed by atoms with Crippen LogP contribution in [-0.2, 0) is 6.18 Å². The lowest BCUT2D eigenvalue weighted by Crippen LogP contribution is -2.23. The Morgan fingerprint density at radius 2 is 1.94 bits per heavy atom. The number of hydrogen-bond acceptors (Lipinski definition) is 2. The van der Waals surface area contributed by atoms with E-state index in [4.69, 9.17) is 0 Å². The number of alkyl halides is 3. The van der Waals surface area contributed by atoms with Crippen LogP contribution in [0.15, 0.2) is 29.2 Å². The first kappa shape index (κ1) is 12.8. The summed E-state index contributed by atoms with van der Waals surface area (Å²) in [6.07, 6.45) is -1.89. The number of halogens is 3. The Hall–Kier alpha value is -0.680. The molecule has 0 spiro atoms. The van der Waals surface area contributed by atoms with Crippen LogP contribution in [0.2, 0.25) is 0 Å². The van der Waals surface area contributed by atoms with Crippen molar-refractivity contribution in [3.8, 4) is 0 Å². The average molecular weight is 261 g/mol. The van der Waals surface area contributed by atoms with Crippen LogP contribution in [0.25, 0.3) is 0 Å². The predicted molar refractivity (Wildman–Crippen MR) is 63.2 cm³/mol. The van der Waals surface area contributed by atoms with Crippen molar-refractivity contribution in [3.63, 3.8) is 0 Å². The number of nitrogens with one attached hydrogen (secondary N) is 1. The maximum atomic E-state index is 12.3. The first-order valence-electron chi connectivity index (χ1n) is 5.59. The summed E-state index contributed by atoms with van der Waals surface area (Å²) in [7, 11) is 0. The highest BCUT2D eigenvalue weighted by molar-refractivity contribution is 7.99. The number of thioether (sulfide) groups is 1. The van der Waals surface area contributed by atoms with Crippen LogP contribution in [0.4, 0.5) is 13.2 Å². The van der Waals surface area contributed by atoms with E-state index in [1.54, 1.807) is 23.9 Å². The molecule has 0 aromatic heterocycles. The van der Waals surface area contributed by atoms with Crippen LogP contribution in [0.3, 0.4) is 0 Å². The molecule has 1 aliphatic rings. The van der Waals surface area contributed by atoms with Gasteiger partial charge in [-0.05, 0) is 43.7 Å². The molecule has 1 heterocycles. The second-order valence-corrected chi connectivity index (χ2v) is 5.22. The maximum absolute atomic E-state index is 12.3. The van der Waals surface area contributed by atoms with Gasteiger partial charge >= 0.3 is 6.18 Å². The van der Waals surface area contributed by atoms with E-state index >= 15 is 0 Å². The summed E-state index contributed by atoms with van der Waals surface area (Å²) in [6.45, 7) is 1.05. The van der Waals surface area contributed by atoms with E-state index in [1.807, 2.05) is 0 Å². The Balaban J connectivity index is 1.89. The molecular formula is C12H14F3NS. The van der Waals surface area contributed by atoms with Gasteiger partial charge in [-0.3, -0.25) is 0 Å². The molecule has 17 heavy (non-hydrogen) atoms. The lowest BCUT2D eigenvalue weighted by Gasteiger charge is -2.10. The summed E-state index contributed by atoms with van der Waals surface area (Å²) >= 11 is 1.61. The van der Waals surface area contributed by atoms with Gasteiger partial charge in [0.15, 0.2) is 0 Å². The maximum Gasteiger partial charge on any atom is 0.416 e. The highest BCUT2D eigenvalue weighted by Crippen LogP contribution is 2.31. The quantitative estimate of drug-likeness (QED) is 0.835. The van der Waals surface area contributed by atoms with Crippen LogP contribution < -0.4 is 5.32 Å². The molecule has 1 aliphatic heterocycles. The van der Waals surface area contributed by atoms with Gasteiger partial charge in [-0.25, -0.2) is 0 Å². The molecule has 0 bridgehead atoms. The van der Waals surface area contributed by atoms with Gasteiger partial charge in [0.25, 0.3) is 0 Å². The second-order valence-electron chi connectivity index (χ2n) is 4.13. The fourth-order valence-electron chi connectivity index (χ4n) is 1.84. The molecule has 1 aromatic rings. The first-order chi connectivity index (χ1) is 8.05. The van der Waals surface area contributed by atoms with E-state index in [1.165, 1.54) is 6.42 Å². The molecule has 0 unspecified atom stereocenters. The predicted octanol–water partition coefficient (Wildman–Crippen LogP) is 3.55. The van der Waals surface area contributed by atoms with Crippen molar-refractivity contribution in [2.75, 3.05) is 12.3 Å². The van der Waals surface area contributed by atoms with E-state index in [9.17, 15) is 13.2 Å². The van der Waals surface area contributed by atoms with Gasteiger partial charge in [0.1, 0.15) is 0 Å². The van der Waals surface area contributed by atoms with Gasteiger partial charge < -0.3 is 5.32 Å². The average Bonchev–Trinajstić information content (AvgIpc) is 2.78. The molecule has 0 saturated carbocycles. The Bertz CT molecular complexity index is 355. The topological polar surface area (TPSA) is 12.0 Å². The van der Waals surface area contributed by atoms with Crippen molar-refractivity contribution in [1.29, 1.82) is 0 Å². The third-order valence-electron chi connectivity index (χ3n) is 2.80. The van der Waals surface area contributed by atoms with Crippen LogP contribution in [0, 0.1) is 0 Å². The molecule has 2 rings (SSSR count). The molecule has 1 saturated heterocycles. The van der Waals surface area contributed by atoms with E-state index in [-0.39, 0.29) is 0 Å². The summed E-state index contributed by atoms with van der Waals surface area (Å²) < 4.78 is 37.0. The van der Waals surface area contributed by atoms with Crippen LogP contribution >= 0.6 is 11.8 Å². The normalized spacial score (nSPS) is 20.8. The summed E-state index contributed by atoms with van der Waals surface area (Å²) in [6, 6.07) is 5.88. The van der Waals surface area contributed by atoms with E-state index < -0.39 is 11.7 Å². The van der Waals surface area contributed by atoms with Gasteiger partial charge in [-0.15, -0.1) is 11.8 Å². The van der Waals surface area contributed by atoms with Crippen LogP contribution in [0.1, 0.15) is 18.4 Å². The number of rotatable bonds is 3. The Morgan fingerprint density at radius 3 is 2.47 bits per heavy atom. The van der Waals surface area contributed by atoms with E-state index in [0.717, 1.165) is 35.7 Å². The summed E-state index contributed by atoms with van der Waals surface area (Å²) in [5, 5.41) is 3.36. The molecule has 1 fully saturated rings. The zero-order valence-corrected chi connectivity index (χ0v) is 10.1. The third-order valence-corrected chi connectivity index (χ3v) is 3.97. The Kier molecular flexibility index (Phi) is 3.99. The smallest absolute Gasteiger partial charge is 0.313 e. The summed E-state index contributed by atoms with van der Waals surface area (Å²) in [5.41, 5.74) is -0.583. The molecule has 94 valence electrons. The molecule has 1 nitrogen and oxygen atoms in total. The minimum atomic E-state index is -4.24. The monoisotopic (exact) mass is 261 g/mol. The van der Waals surface area contributed by atoms with E-state index in [0.29, 0.717) is 6.04 Å². The fourth-order valence-corrected chi connectivity index (χ4v) is 2.84. The summed E-state index contributed by atoms with van der Waals surface area (Å²) in [5.74, 6) is 0.922. The van der Waals surface area contributed by atoms with Crippen molar-refractivity contribution in [1.82, 2.24) is 5.32 Å². The second kappa shape index (κ2) is 5.31. The lowest BCUT2D eigenvalue weighted by atomic mass is 10.2. The van der Waals surface area contributed by atoms with Crippen molar-refractivity contribution < 1.29 is 13.2 Å². The van der Waals surface area contributed by atoms with E-state index in [2.05, 4.69) is 5.32 Å². The molecule has 0 radical (unpaired) electrons. The van der Waals surface area contributed by atoms with Crippen molar-refractivity contribution in [3.05, 3.63) is 29.8 Å². The third kappa shape index (κ3) is 3.64. The molecule has 1 aromatic carbocycles. The van der Waals surface area contributed by atoms with Gasteiger partial charge in [-0.1, -0.05) is 0 Å². The van der Waals surface area contributed by atoms with Crippen molar-refractivity contribution >= 4 is 11.8 Å². The molecular weight excluding hydrogens is 247 g/mol. The zero-order valence-electron chi connectivity index (χ0n) is 9.26. The highest BCUT2D eigenvalue weighted by Gasteiger charge is 2.29.